The summed E-state index contributed by atoms with van der Waals surface area (Å²) in [6.07, 6.45) is 0.134. The van der Waals surface area contributed by atoms with Crippen LogP contribution in [0.15, 0.2) is 0 Å². The fraction of sp³-hybridized carbons (Fsp3) is 1.00. The van der Waals surface area contributed by atoms with E-state index in [0.717, 1.165) is 0 Å². The Morgan fingerprint density at radius 2 is 2.14 bits per heavy atom. The molecule has 0 aromatic heterocycles. The molecule has 2 N–H and O–H groups in total. The minimum Gasteiger partial charge on any atom is -1.00 e. The summed E-state index contributed by atoms with van der Waals surface area (Å²) in [5, 5.41) is 16.5. The third kappa shape index (κ3) is 10.9. The molecule has 0 aromatic rings. The Balaban J connectivity index is -0.000000125. The third-order valence-electron chi connectivity index (χ3n) is 0.547. The van der Waals surface area contributed by atoms with Crippen molar-refractivity contribution < 1.29 is 41.2 Å². The van der Waals surface area contributed by atoms with Gasteiger partial charge in [-0.2, -0.15) is 0 Å². The van der Waals surface area contributed by atoms with Gasteiger partial charge in [0.05, 0.1) is 6.10 Å². The average Bonchev–Trinajstić information content (AvgIpc) is 1.35. The van der Waals surface area contributed by atoms with Gasteiger partial charge in [0, 0.05) is 6.61 Å². The largest absolute Gasteiger partial charge is 1.00 e. The van der Waals surface area contributed by atoms with Gasteiger partial charge in [-0.15, -0.1) is 0 Å². The molecule has 40 valence electrons. The van der Waals surface area contributed by atoms with Crippen molar-refractivity contribution in [3.8, 4) is 0 Å². The summed E-state index contributed by atoms with van der Waals surface area (Å²) in [7, 11) is 0. The molecule has 1 atom stereocenters. The number of hydrogen-bond acceptors (Lipinski definition) is 2. The van der Waals surface area contributed by atoms with Crippen molar-refractivity contribution >= 4 is 0 Å². The van der Waals surface area contributed by atoms with Gasteiger partial charge in [-0.1, -0.05) is 0 Å². The van der Waals surface area contributed by atoms with Crippen LogP contribution in [0, 0.1) is 0 Å². The van der Waals surface area contributed by atoms with Crippen molar-refractivity contribution in [1.82, 2.24) is 0 Å². The van der Waals surface area contributed by atoms with E-state index in [0.29, 0.717) is 6.42 Å². The summed E-state index contributed by atoms with van der Waals surface area (Å²) in [6, 6.07) is 0. The first-order valence-electron chi connectivity index (χ1n) is 2.06. The molecule has 0 radical (unpaired) electrons. The van der Waals surface area contributed by atoms with Gasteiger partial charge >= 0.3 is 29.6 Å². The zero-order valence-corrected chi connectivity index (χ0v) is 6.89. The first-order valence-corrected chi connectivity index (χ1v) is 2.06. The molecule has 2 nitrogen and oxygen atoms in total. The second-order valence-corrected chi connectivity index (χ2v) is 1.36. The molecule has 0 rings (SSSR count). The van der Waals surface area contributed by atoms with Gasteiger partial charge in [-0.25, -0.2) is 0 Å². The van der Waals surface area contributed by atoms with Gasteiger partial charge in [0.15, 0.2) is 0 Å². The van der Waals surface area contributed by atoms with E-state index < -0.39 is 0 Å². The first-order chi connectivity index (χ1) is 2.77. The van der Waals surface area contributed by atoms with E-state index in [1.165, 1.54) is 0 Å². The molecule has 0 aliphatic carbocycles. The molecule has 1 unspecified atom stereocenters. The van der Waals surface area contributed by atoms with Crippen LogP contribution < -0.4 is 29.6 Å². The van der Waals surface area contributed by atoms with Crippen molar-refractivity contribution in [2.75, 3.05) is 6.61 Å². The van der Waals surface area contributed by atoms with Crippen LogP contribution in [0.4, 0.5) is 0 Å². The molecule has 0 aromatic carbocycles. The van der Waals surface area contributed by atoms with Crippen molar-refractivity contribution in [3.63, 3.8) is 0 Å². The summed E-state index contributed by atoms with van der Waals surface area (Å²) in [5.74, 6) is 0. The topological polar surface area (TPSA) is 40.5 Å². The predicted octanol–water partition coefficient (Wildman–Crippen LogP) is -3.13. The molecule has 7 heavy (non-hydrogen) atoms. The maximum absolute atomic E-state index is 8.39. The molecular formula is C4H11NaO2. The normalized spacial score (nSPS) is 12.4. The fourth-order valence-corrected chi connectivity index (χ4v) is 0.187. The molecule has 0 saturated heterocycles. The Labute approximate surface area is 67.3 Å². The van der Waals surface area contributed by atoms with Crippen molar-refractivity contribution in [2.24, 2.45) is 0 Å². The zero-order chi connectivity index (χ0) is 4.99. The van der Waals surface area contributed by atoms with Gasteiger partial charge in [0.2, 0.25) is 0 Å². The number of aliphatic hydroxyl groups excluding tert-OH is 2. The third-order valence-corrected chi connectivity index (χ3v) is 0.547. The summed E-state index contributed by atoms with van der Waals surface area (Å²) in [6.45, 7) is 1.73. The quantitative estimate of drug-likeness (QED) is 0.373. The predicted molar refractivity (Wildman–Crippen MR) is 24.5 cm³/mol. The van der Waals surface area contributed by atoms with E-state index in [4.69, 9.17) is 10.2 Å². The second-order valence-electron chi connectivity index (χ2n) is 1.36. The van der Waals surface area contributed by atoms with Crippen molar-refractivity contribution in [2.45, 2.75) is 19.4 Å². The van der Waals surface area contributed by atoms with Crippen LogP contribution in [-0.2, 0) is 0 Å². The summed E-state index contributed by atoms with van der Waals surface area (Å²) >= 11 is 0. The summed E-state index contributed by atoms with van der Waals surface area (Å²) in [5.41, 5.74) is 0. The smallest absolute Gasteiger partial charge is 1.00 e. The van der Waals surface area contributed by atoms with Gasteiger partial charge in [-0.05, 0) is 13.3 Å². The maximum Gasteiger partial charge on any atom is 1.00 e. The number of hydrogen-bond donors (Lipinski definition) is 2. The van der Waals surface area contributed by atoms with E-state index in [2.05, 4.69) is 0 Å². The van der Waals surface area contributed by atoms with E-state index in [-0.39, 0.29) is 43.7 Å². The molecule has 0 amide bonds. The van der Waals surface area contributed by atoms with Crippen LogP contribution >= 0.6 is 0 Å². The maximum atomic E-state index is 8.39. The SMILES string of the molecule is CC(O)CCO.[H-].[Na+]. The number of aliphatic hydroxyl groups is 2. The standard InChI is InChI=1S/C4H10O2.Na.H/c1-4(6)2-3-5;;/h4-6H,2-3H2,1H3;;/q;+1;-1. The van der Waals surface area contributed by atoms with Crippen LogP contribution in [0.1, 0.15) is 14.8 Å². The Bertz CT molecular complexity index is 35.2. The first kappa shape index (κ1) is 10.8. The Hall–Kier alpha value is 0.920. The Morgan fingerprint density at radius 3 is 2.14 bits per heavy atom. The second kappa shape index (κ2) is 6.92. The molecule has 0 aliphatic rings. The molecule has 0 saturated carbocycles. The van der Waals surface area contributed by atoms with Crippen molar-refractivity contribution in [3.05, 3.63) is 0 Å². The molecule has 0 heterocycles. The Kier molecular flexibility index (Phi) is 10.7. The van der Waals surface area contributed by atoms with E-state index in [1.54, 1.807) is 6.92 Å². The van der Waals surface area contributed by atoms with Gasteiger partial charge in [-0.3, -0.25) is 0 Å². The molecule has 3 heteroatoms. The molecule has 0 fully saturated rings. The molecule has 0 bridgehead atoms. The summed E-state index contributed by atoms with van der Waals surface area (Å²) < 4.78 is 0. The van der Waals surface area contributed by atoms with Gasteiger partial charge in [0.1, 0.15) is 0 Å². The van der Waals surface area contributed by atoms with E-state index >= 15 is 0 Å². The molecule has 0 aliphatic heterocycles. The van der Waals surface area contributed by atoms with Crippen LogP contribution in [0.3, 0.4) is 0 Å². The molecule has 0 spiro atoms. The minimum absolute atomic E-state index is 0. The molecular weight excluding hydrogens is 103 g/mol. The van der Waals surface area contributed by atoms with E-state index in [1.807, 2.05) is 0 Å². The van der Waals surface area contributed by atoms with Crippen LogP contribution in [0.5, 0.6) is 0 Å². The minimum atomic E-state index is -0.352. The van der Waals surface area contributed by atoms with Crippen molar-refractivity contribution in [1.29, 1.82) is 0 Å². The number of rotatable bonds is 2. The fourth-order valence-electron chi connectivity index (χ4n) is 0.187. The average molecular weight is 114 g/mol. The van der Waals surface area contributed by atoms with Crippen LogP contribution in [0.2, 0.25) is 0 Å². The zero-order valence-electron chi connectivity index (χ0n) is 5.89. The van der Waals surface area contributed by atoms with Gasteiger partial charge < -0.3 is 11.6 Å². The monoisotopic (exact) mass is 114 g/mol. The summed E-state index contributed by atoms with van der Waals surface area (Å²) in [4.78, 5) is 0. The van der Waals surface area contributed by atoms with E-state index in [9.17, 15) is 0 Å². The Morgan fingerprint density at radius 1 is 1.71 bits per heavy atom. The van der Waals surface area contributed by atoms with Crippen LogP contribution in [-0.4, -0.2) is 22.9 Å². The van der Waals surface area contributed by atoms with Gasteiger partial charge in [0.25, 0.3) is 0 Å². The van der Waals surface area contributed by atoms with Crippen LogP contribution in [0.25, 0.3) is 0 Å².